The standard InChI is InChI=1S/C28H48BrNO/c1-2-3-4-5-6-7-8-9-10-11-12-13-14-15-16-17-18-19-20-24-28(31)30-27-23-21-22-26(29)25-27/h21-23,25H,2-20,24H2,1H3,(H,30,31). The van der Waals surface area contributed by atoms with E-state index in [9.17, 15) is 4.79 Å². The average Bonchev–Trinajstić information content (AvgIpc) is 2.75. The maximum Gasteiger partial charge on any atom is 0.224 e. The van der Waals surface area contributed by atoms with E-state index in [0.717, 1.165) is 16.6 Å². The van der Waals surface area contributed by atoms with Crippen molar-refractivity contribution in [1.82, 2.24) is 0 Å². The minimum atomic E-state index is 0.130. The molecule has 0 aliphatic rings. The van der Waals surface area contributed by atoms with Crippen LogP contribution in [0.3, 0.4) is 0 Å². The Kier molecular flexibility index (Phi) is 19.1. The first-order valence-corrected chi connectivity index (χ1v) is 14.1. The van der Waals surface area contributed by atoms with Gasteiger partial charge < -0.3 is 5.32 Å². The van der Waals surface area contributed by atoms with E-state index in [1.54, 1.807) is 0 Å². The monoisotopic (exact) mass is 493 g/mol. The topological polar surface area (TPSA) is 29.1 Å². The number of amides is 1. The van der Waals surface area contributed by atoms with Crippen molar-refractivity contribution >= 4 is 27.5 Å². The van der Waals surface area contributed by atoms with Crippen molar-refractivity contribution < 1.29 is 4.79 Å². The molecule has 0 aromatic heterocycles. The minimum Gasteiger partial charge on any atom is -0.326 e. The van der Waals surface area contributed by atoms with Crippen molar-refractivity contribution in [2.24, 2.45) is 0 Å². The summed E-state index contributed by atoms with van der Waals surface area (Å²) in [7, 11) is 0. The van der Waals surface area contributed by atoms with Crippen LogP contribution in [0.1, 0.15) is 135 Å². The van der Waals surface area contributed by atoms with Crippen molar-refractivity contribution in [3.05, 3.63) is 28.7 Å². The second-order valence-electron chi connectivity index (χ2n) is 9.17. The number of nitrogens with one attached hydrogen (secondary N) is 1. The van der Waals surface area contributed by atoms with Crippen LogP contribution in [0.4, 0.5) is 5.69 Å². The zero-order chi connectivity index (χ0) is 22.4. The molecule has 1 aromatic rings. The maximum absolute atomic E-state index is 12.0. The number of rotatable bonds is 21. The van der Waals surface area contributed by atoms with Crippen LogP contribution < -0.4 is 5.32 Å². The predicted molar refractivity (Wildman–Crippen MR) is 141 cm³/mol. The fourth-order valence-corrected chi connectivity index (χ4v) is 4.55. The summed E-state index contributed by atoms with van der Waals surface area (Å²) in [4.78, 5) is 12.0. The van der Waals surface area contributed by atoms with Gasteiger partial charge in [0.05, 0.1) is 0 Å². The molecule has 0 bridgehead atoms. The lowest BCUT2D eigenvalue weighted by molar-refractivity contribution is -0.116. The van der Waals surface area contributed by atoms with Crippen LogP contribution >= 0.6 is 15.9 Å². The number of carbonyl (C=O) groups excluding carboxylic acids is 1. The number of hydrogen-bond donors (Lipinski definition) is 1. The number of anilines is 1. The quantitative estimate of drug-likeness (QED) is 0.169. The second kappa shape index (κ2) is 21.0. The van der Waals surface area contributed by atoms with E-state index < -0.39 is 0 Å². The van der Waals surface area contributed by atoms with Gasteiger partial charge in [-0.2, -0.15) is 0 Å². The molecule has 0 aliphatic heterocycles. The second-order valence-corrected chi connectivity index (χ2v) is 10.1. The molecule has 0 unspecified atom stereocenters. The lowest BCUT2D eigenvalue weighted by Crippen LogP contribution is -2.10. The van der Waals surface area contributed by atoms with Crippen LogP contribution in [0.5, 0.6) is 0 Å². The largest absolute Gasteiger partial charge is 0.326 e. The van der Waals surface area contributed by atoms with E-state index in [-0.39, 0.29) is 5.91 Å². The Labute approximate surface area is 201 Å². The van der Waals surface area contributed by atoms with Gasteiger partial charge in [0.15, 0.2) is 0 Å². The molecule has 178 valence electrons. The number of halogens is 1. The lowest BCUT2D eigenvalue weighted by Gasteiger charge is -2.06. The third kappa shape index (κ3) is 18.4. The lowest BCUT2D eigenvalue weighted by atomic mass is 10.0. The normalized spacial score (nSPS) is 11.0. The van der Waals surface area contributed by atoms with Crippen molar-refractivity contribution in [3.63, 3.8) is 0 Å². The first kappa shape index (κ1) is 28.2. The molecule has 0 saturated heterocycles. The molecule has 0 heterocycles. The fourth-order valence-electron chi connectivity index (χ4n) is 4.15. The zero-order valence-corrected chi connectivity index (χ0v) is 21.8. The Morgan fingerprint density at radius 1 is 0.677 bits per heavy atom. The predicted octanol–water partition coefficient (Wildman–Crippen LogP) is 10.2. The zero-order valence-electron chi connectivity index (χ0n) is 20.2. The molecule has 1 aromatic carbocycles. The van der Waals surface area contributed by atoms with E-state index in [2.05, 4.69) is 28.2 Å². The molecule has 0 aliphatic carbocycles. The number of benzene rings is 1. The van der Waals surface area contributed by atoms with Crippen molar-refractivity contribution in [1.29, 1.82) is 0 Å². The van der Waals surface area contributed by atoms with E-state index in [4.69, 9.17) is 0 Å². The van der Waals surface area contributed by atoms with E-state index in [1.165, 1.54) is 116 Å². The summed E-state index contributed by atoms with van der Waals surface area (Å²) in [6, 6.07) is 7.78. The van der Waals surface area contributed by atoms with Gasteiger partial charge >= 0.3 is 0 Å². The highest BCUT2D eigenvalue weighted by Crippen LogP contribution is 2.17. The molecule has 0 radical (unpaired) electrons. The molecular formula is C28H48BrNO. The first-order chi connectivity index (χ1) is 15.2. The van der Waals surface area contributed by atoms with Gasteiger partial charge in [0.25, 0.3) is 0 Å². The third-order valence-corrected chi connectivity index (χ3v) is 6.61. The molecule has 1 amide bonds. The molecule has 0 spiro atoms. The smallest absolute Gasteiger partial charge is 0.224 e. The Morgan fingerprint density at radius 2 is 1.10 bits per heavy atom. The van der Waals surface area contributed by atoms with Crippen molar-refractivity contribution in [3.8, 4) is 0 Å². The Balaban J connectivity index is 1.75. The number of carbonyl (C=O) groups is 1. The molecule has 3 heteroatoms. The van der Waals surface area contributed by atoms with Gasteiger partial charge in [-0.3, -0.25) is 4.79 Å². The Hall–Kier alpha value is -0.830. The van der Waals surface area contributed by atoms with Gasteiger partial charge in [0, 0.05) is 16.6 Å². The molecule has 1 N–H and O–H groups in total. The van der Waals surface area contributed by atoms with Gasteiger partial charge in [0.1, 0.15) is 0 Å². The molecule has 31 heavy (non-hydrogen) atoms. The van der Waals surface area contributed by atoms with Gasteiger partial charge in [-0.25, -0.2) is 0 Å². The van der Waals surface area contributed by atoms with Crippen molar-refractivity contribution in [2.75, 3.05) is 5.32 Å². The van der Waals surface area contributed by atoms with Gasteiger partial charge in [0.2, 0.25) is 5.91 Å². The summed E-state index contributed by atoms with van der Waals surface area (Å²) >= 11 is 3.43. The summed E-state index contributed by atoms with van der Waals surface area (Å²) in [5.74, 6) is 0.130. The van der Waals surface area contributed by atoms with Gasteiger partial charge in [-0.1, -0.05) is 144 Å². The van der Waals surface area contributed by atoms with Crippen molar-refractivity contribution in [2.45, 2.75) is 135 Å². The summed E-state index contributed by atoms with van der Waals surface area (Å²) in [5.41, 5.74) is 0.872. The van der Waals surface area contributed by atoms with Crippen LogP contribution in [0.2, 0.25) is 0 Å². The highest BCUT2D eigenvalue weighted by atomic mass is 79.9. The molecule has 0 fully saturated rings. The SMILES string of the molecule is CCCCCCCCCCCCCCCCCCCCCC(=O)Nc1cccc(Br)c1. The van der Waals surface area contributed by atoms with Crippen LogP contribution in [0, 0.1) is 0 Å². The van der Waals surface area contributed by atoms with Crippen LogP contribution in [-0.2, 0) is 4.79 Å². The first-order valence-electron chi connectivity index (χ1n) is 13.3. The fraction of sp³-hybridized carbons (Fsp3) is 0.750. The van der Waals surface area contributed by atoms with Crippen LogP contribution in [0.25, 0.3) is 0 Å². The Morgan fingerprint density at radius 3 is 1.52 bits per heavy atom. The summed E-state index contributed by atoms with van der Waals surface area (Å²) in [6.07, 6.45) is 26.8. The molecule has 1 rings (SSSR count). The van der Waals surface area contributed by atoms with Gasteiger partial charge in [-0.15, -0.1) is 0 Å². The average molecular weight is 495 g/mol. The summed E-state index contributed by atoms with van der Waals surface area (Å²) < 4.78 is 0.994. The third-order valence-electron chi connectivity index (χ3n) is 6.12. The van der Waals surface area contributed by atoms with E-state index >= 15 is 0 Å². The molecule has 0 saturated carbocycles. The van der Waals surface area contributed by atoms with Crippen LogP contribution in [0.15, 0.2) is 28.7 Å². The Bertz CT molecular complexity index is 546. The van der Waals surface area contributed by atoms with Gasteiger partial charge in [-0.05, 0) is 24.6 Å². The van der Waals surface area contributed by atoms with Crippen LogP contribution in [-0.4, -0.2) is 5.91 Å². The molecular weight excluding hydrogens is 446 g/mol. The maximum atomic E-state index is 12.0. The minimum absolute atomic E-state index is 0.130. The molecule has 2 nitrogen and oxygen atoms in total. The number of unbranched alkanes of at least 4 members (excludes halogenated alkanes) is 18. The number of hydrogen-bond acceptors (Lipinski definition) is 1. The highest BCUT2D eigenvalue weighted by molar-refractivity contribution is 9.10. The van der Waals surface area contributed by atoms with E-state index in [0.29, 0.717) is 6.42 Å². The summed E-state index contributed by atoms with van der Waals surface area (Å²) in [6.45, 7) is 2.29. The summed E-state index contributed by atoms with van der Waals surface area (Å²) in [5, 5.41) is 2.97. The van der Waals surface area contributed by atoms with E-state index in [1.807, 2.05) is 24.3 Å². The molecule has 0 atom stereocenters. The highest BCUT2D eigenvalue weighted by Gasteiger charge is 2.02.